The van der Waals surface area contributed by atoms with Gasteiger partial charge in [-0.2, -0.15) is 4.98 Å². The zero-order chi connectivity index (χ0) is 15.1. The molecule has 0 bridgehead atoms. The molecule has 1 saturated carbocycles. The van der Waals surface area contributed by atoms with Gasteiger partial charge in [0.15, 0.2) is 0 Å². The third-order valence-electron chi connectivity index (χ3n) is 3.82. The molecule has 2 N–H and O–H groups in total. The van der Waals surface area contributed by atoms with E-state index >= 15 is 0 Å². The first kappa shape index (κ1) is 15.5. The van der Waals surface area contributed by atoms with Crippen LogP contribution >= 0.6 is 0 Å². The van der Waals surface area contributed by atoms with Crippen molar-refractivity contribution in [2.45, 2.75) is 45.4 Å². The quantitative estimate of drug-likeness (QED) is 0.564. The third-order valence-corrected chi connectivity index (χ3v) is 3.82. The van der Waals surface area contributed by atoms with Crippen LogP contribution in [0.2, 0.25) is 0 Å². The number of anilines is 2. The van der Waals surface area contributed by atoms with Crippen molar-refractivity contribution in [3.63, 3.8) is 0 Å². The van der Waals surface area contributed by atoms with Gasteiger partial charge in [-0.3, -0.25) is 10.1 Å². The molecular formula is C14H23N5O2. The topological polar surface area (TPSA) is 93.0 Å². The van der Waals surface area contributed by atoms with E-state index in [1.807, 2.05) is 6.92 Å². The minimum Gasteiger partial charge on any atom is -0.364 e. The van der Waals surface area contributed by atoms with Crippen molar-refractivity contribution >= 4 is 17.5 Å². The van der Waals surface area contributed by atoms with Crippen LogP contribution in [0.25, 0.3) is 0 Å². The lowest BCUT2D eigenvalue weighted by Gasteiger charge is -2.11. The number of nitrogens with one attached hydrogen (secondary N) is 2. The molecule has 116 valence electrons. The fourth-order valence-electron chi connectivity index (χ4n) is 2.65. The van der Waals surface area contributed by atoms with Crippen molar-refractivity contribution in [1.29, 1.82) is 0 Å². The summed E-state index contributed by atoms with van der Waals surface area (Å²) in [6, 6.07) is 0. The fourth-order valence-corrected chi connectivity index (χ4v) is 2.65. The molecule has 2 rings (SSSR count). The van der Waals surface area contributed by atoms with Crippen LogP contribution in [0, 0.1) is 16.0 Å². The van der Waals surface area contributed by atoms with Crippen molar-refractivity contribution < 1.29 is 4.92 Å². The average Bonchev–Trinajstić information content (AvgIpc) is 2.98. The molecule has 1 aliphatic rings. The van der Waals surface area contributed by atoms with Gasteiger partial charge >= 0.3 is 5.69 Å². The Morgan fingerprint density at radius 1 is 1.33 bits per heavy atom. The van der Waals surface area contributed by atoms with Gasteiger partial charge in [0, 0.05) is 13.1 Å². The lowest BCUT2D eigenvalue weighted by atomic mass is 10.0. The molecule has 0 saturated heterocycles. The van der Waals surface area contributed by atoms with Gasteiger partial charge in [-0.05, 0) is 18.8 Å². The Morgan fingerprint density at radius 3 is 2.76 bits per heavy atom. The number of hydrogen-bond acceptors (Lipinski definition) is 6. The summed E-state index contributed by atoms with van der Waals surface area (Å²) < 4.78 is 0. The summed E-state index contributed by atoms with van der Waals surface area (Å²) in [6.45, 7) is 3.51. The molecule has 0 amide bonds. The molecule has 0 radical (unpaired) electrons. The lowest BCUT2D eigenvalue weighted by Crippen LogP contribution is -2.12. The maximum Gasteiger partial charge on any atom is 0.329 e. The van der Waals surface area contributed by atoms with Crippen LogP contribution in [-0.4, -0.2) is 28.0 Å². The van der Waals surface area contributed by atoms with Crippen LogP contribution in [0.1, 0.15) is 45.4 Å². The Kier molecular flexibility index (Phi) is 5.71. The highest BCUT2D eigenvalue weighted by Crippen LogP contribution is 2.28. The molecular weight excluding hydrogens is 270 g/mol. The standard InChI is InChI=1S/C14H23N5O2/c1-2-8-16-14-17-10-12(19(20)21)13(18-14)15-9-7-11-5-3-4-6-11/h10-11H,2-9H2,1H3,(H2,15,16,17,18). The van der Waals surface area contributed by atoms with Crippen LogP contribution in [0.15, 0.2) is 6.20 Å². The van der Waals surface area contributed by atoms with E-state index in [-0.39, 0.29) is 5.69 Å². The number of rotatable bonds is 8. The fraction of sp³-hybridized carbons (Fsp3) is 0.714. The van der Waals surface area contributed by atoms with E-state index in [0.717, 1.165) is 31.8 Å². The van der Waals surface area contributed by atoms with Crippen LogP contribution in [-0.2, 0) is 0 Å². The molecule has 1 aromatic rings. The minimum absolute atomic E-state index is 0.0662. The predicted octanol–water partition coefficient (Wildman–Crippen LogP) is 3.20. The van der Waals surface area contributed by atoms with Crippen molar-refractivity contribution in [2.75, 3.05) is 23.7 Å². The second kappa shape index (κ2) is 7.75. The number of nitrogens with zero attached hydrogens (tertiary/aromatic N) is 3. The van der Waals surface area contributed by atoms with Crippen molar-refractivity contribution in [3.05, 3.63) is 16.3 Å². The minimum atomic E-state index is -0.443. The van der Waals surface area contributed by atoms with Crippen molar-refractivity contribution in [3.8, 4) is 0 Å². The highest BCUT2D eigenvalue weighted by molar-refractivity contribution is 5.56. The van der Waals surface area contributed by atoms with Gasteiger partial charge in [0.05, 0.1) is 4.92 Å². The maximum atomic E-state index is 11.0. The lowest BCUT2D eigenvalue weighted by molar-refractivity contribution is -0.384. The summed E-state index contributed by atoms with van der Waals surface area (Å²) >= 11 is 0. The first-order chi connectivity index (χ1) is 10.2. The van der Waals surface area contributed by atoms with Gasteiger partial charge in [0.25, 0.3) is 0 Å². The molecule has 0 spiro atoms. The highest BCUT2D eigenvalue weighted by atomic mass is 16.6. The van der Waals surface area contributed by atoms with Gasteiger partial charge in [-0.25, -0.2) is 4.98 Å². The summed E-state index contributed by atoms with van der Waals surface area (Å²) in [7, 11) is 0. The maximum absolute atomic E-state index is 11.0. The number of aromatic nitrogens is 2. The first-order valence-electron chi connectivity index (χ1n) is 7.70. The molecule has 1 fully saturated rings. The molecule has 7 nitrogen and oxygen atoms in total. The van der Waals surface area contributed by atoms with Crippen LogP contribution < -0.4 is 10.6 Å². The normalized spacial score (nSPS) is 15.1. The summed E-state index contributed by atoms with van der Waals surface area (Å²) in [6.07, 6.45) is 8.42. The summed E-state index contributed by atoms with van der Waals surface area (Å²) in [5.74, 6) is 1.49. The largest absolute Gasteiger partial charge is 0.364 e. The third kappa shape index (κ3) is 4.54. The second-order valence-corrected chi connectivity index (χ2v) is 5.48. The Morgan fingerprint density at radius 2 is 2.10 bits per heavy atom. The Hall–Kier alpha value is -1.92. The molecule has 0 aliphatic heterocycles. The summed E-state index contributed by atoms with van der Waals surface area (Å²) in [5, 5.41) is 17.2. The van der Waals surface area contributed by atoms with Crippen LogP contribution in [0.5, 0.6) is 0 Å². The van der Waals surface area contributed by atoms with E-state index in [2.05, 4.69) is 20.6 Å². The van der Waals surface area contributed by atoms with Crippen molar-refractivity contribution in [1.82, 2.24) is 9.97 Å². The Bertz CT molecular complexity index is 474. The Labute approximate surface area is 124 Å². The van der Waals surface area contributed by atoms with E-state index in [9.17, 15) is 10.1 Å². The molecule has 1 aliphatic carbocycles. The van der Waals surface area contributed by atoms with E-state index in [4.69, 9.17) is 0 Å². The summed E-state index contributed by atoms with van der Waals surface area (Å²) in [5.41, 5.74) is -0.0662. The second-order valence-electron chi connectivity index (χ2n) is 5.48. The van der Waals surface area contributed by atoms with Crippen LogP contribution in [0.3, 0.4) is 0 Å². The van der Waals surface area contributed by atoms with E-state index in [1.165, 1.54) is 31.9 Å². The van der Waals surface area contributed by atoms with E-state index < -0.39 is 4.92 Å². The predicted molar refractivity (Wildman–Crippen MR) is 82.5 cm³/mol. The van der Waals surface area contributed by atoms with Crippen molar-refractivity contribution in [2.24, 2.45) is 5.92 Å². The van der Waals surface area contributed by atoms with Gasteiger partial charge in [-0.1, -0.05) is 32.6 Å². The van der Waals surface area contributed by atoms with Crippen LogP contribution in [0.4, 0.5) is 17.5 Å². The SMILES string of the molecule is CCCNc1ncc([N+](=O)[O-])c(NCCC2CCCC2)n1. The van der Waals surface area contributed by atoms with Gasteiger partial charge in [0.1, 0.15) is 6.20 Å². The summed E-state index contributed by atoms with van der Waals surface area (Å²) in [4.78, 5) is 18.8. The zero-order valence-corrected chi connectivity index (χ0v) is 12.5. The zero-order valence-electron chi connectivity index (χ0n) is 12.5. The molecule has 0 unspecified atom stereocenters. The van der Waals surface area contributed by atoms with Gasteiger partial charge in [0.2, 0.25) is 11.8 Å². The molecule has 0 aromatic carbocycles. The smallest absolute Gasteiger partial charge is 0.329 e. The first-order valence-corrected chi connectivity index (χ1v) is 7.70. The van der Waals surface area contributed by atoms with Gasteiger partial charge < -0.3 is 10.6 Å². The molecule has 21 heavy (non-hydrogen) atoms. The highest BCUT2D eigenvalue weighted by Gasteiger charge is 2.18. The monoisotopic (exact) mass is 293 g/mol. The molecule has 7 heteroatoms. The number of hydrogen-bond donors (Lipinski definition) is 2. The Balaban J connectivity index is 1.97. The molecule has 1 heterocycles. The van der Waals surface area contributed by atoms with E-state index in [1.54, 1.807) is 0 Å². The van der Waals surface area contributed by atoms with Gasteiger partial charge in [-0.15, -0.1) is 0 Å². The molecule has 1 aromatic heterocycles. The average molecular weight is 293 g/mol. The van der Waals surface area contributed by atoms with E-state index in [0.29, 0.717) is 11.8 Å². The molecule has 0 atom stereocenters. The number of nitro groups is 1.